The fourth-order valence-electron chi connectivity index (χ4n) is 3.98. The lowest BCUT2D eigenvalue weighted by atomic mass is 10.1. The van der Waals surface area contributed by atoms with E-state index in [1.54, 1.807) is 0 Å². The number of aryl methyl sites for hydroxylation is 4. The highest BCUT2D eigenvalue weighted by atomic mass is 16.2. The molecule has 124 valence electrons. The molecule has 0 radical (unpaired) electrons. The summed E-state index contributed by atoms with van der Waals surface area (Å²) < 4.78 is 0. The highest BCUT2D eigenvalue weighted by molar-refractivity contribution is 5.94. The van der Waals surface area contributed by atoms with Crippen LogP contribution in [-0.4, -0.2) is 33.9 Å². The smallest absolute Gasteiger partial charge is 0.253 e. The van der Waals surface area contributed by atoms with E-state index in [2.05, 4.69) is 22.1 Å². The molecule has 0 N–H and O–H groups in total. The Morgan fingerprint density at radius 2 is 1.83 bits per heavy atom. The fraction of sp³-hybridized carbons (Fsp3) is 0.450. The summed E-state index contributed by atoms with van der Waals surface area (Å²) in [6, 6.07) is 8.22. The third-order valence-corrected chi connectivity index (χ3v) is 5.19. The lowest BCUT2D eigenvalue weighted by molar-refractivity contribution is 0.0790. The number of hydrogen-bond donors (Lipinski definition) is 0. The zero-order valence-corrected chi connectivity index (χ0v) is 14.4. The zero-order chi connectivity index (χ0) is 16.7. The lowest BCUT2D eigenvalue weighted by Crippen LogP contribution is -2.28. The van der Waals surface area contributed by atoms with Gasteiger partial charge in [0.2, 0.25) is 0 Å². The minimum absolute atomic E-state index is 0.150. The molecule has 1 aliphatic carbocycles. The summed E-state index contributed by atoms with van der Waals surface area (Å²) in [5.74, 6) is 1.29. The summed E-state index contributed by atoms with van der Waals surface area (Å²) in [5, 5.41) is 0. The van der Waals surface area contributed by atoms with Gasteiger partial charge < -0.3 is 4.90 Å². The molecular formula is C20H23N3O. The number of carbonyl (C=O) groups is 1. The van der Waals surface area contributed by atoms with Gasteiger partial charge in [0, 0.05) is 36.0 Å². The number of fused-ring (bicyclic) bond motifs is 1. The average Bonchev–Trinajstić information content (AvgIpc) is 3.22. The predicted octanol–water partition coefficient (Wildman–Crippen LogP) is 3.21. The molecule has 2 aliphatic rings. The van der Waals surface area contributed by atoms with Crippen LogP contribution >= 0.6 is 0 Å². The van der Waals surface area contributed by atoms with Gasteiger partial charge in [0.15, 0.2) is 0 Å². The average molecular weight is 321 g/mol. The Kier molecular flexibility index (Phi) is 3.83. The Balaban J connectivity index is 1.51. The molecule has 1 saturated heterocycles. The maximum Gasteiger partial charge on any atom is 0.253 e. The molecular weight excluding hydrogens is 298 g/mol. The lowest BCUT2D eigenvalue weighted by Gasteiger charge is -2.17. The Hall–Kier alpha value is -2.23. The highest BCUT2D eigenvalue weighted by Crippen LogP contribution is 2.28. The van der Waals surface area contributed by atoms with Crippen LogP contribution in [0.15, 0.2) is 24.3 Å². The van der Waals surface area contributed by atoms with Crippen LogP contribution in [0.2, 0.25) is 0 Å². The molecule has 0 unspecified atom stereocenters. The Bertz CT molecular complexity index is 779. The third kappa shape index (κ3) is 2.81. The molecule has 4 nitrogen and oxygen atoms in total. The Labute approximate surface area is 142 Å². The van der Waals surface area contributed by atoms with Crippen molar-refractivity contribution in [1.82, 2.24) is 14.9 Å². The molecule has 1 aromatic heterocycles. The third-order valence-electron chi connectivity index (χ3n) is 5.19. The van der Waals surface area contributed by atoms with E-state index in [0.29, 0.717) is 0 Å². The molecule has 2 heterocycles. The number of aromatic nitrogens is 2. The molecule has 2 aromatic rings. The second-order valence-corrected chi connectivity index (χ2v) is 7.08. The Morgan fingerprint density at radius 3 is 2.62 bits per heavy atom. The summed E-state index contributed by atoms with van der Waals surface area (Å²) in [6.07, 6.45) is 4.41. The Morgan fingerprint density at radius 1 is 1.08 bits per heavy atom. The van der Waals surface area contributed by atoms with Crippen LogP contribution in [0, 0.1) is 13.8 Å². The van der Waals surface area contributed by atoms with Gasteiger partial charge in [-0.25, -0.2) is 9.97 Å². The van der Waals surface area contributed by atoms with E-state index in [9.17, 15) is 4.79 Å². The molecule has 4 heteroatoms. The molecule has 1 amide bonds. The van der Waals surface area contributed by atoms with E-state index in [0.717, 1.165) is 55.1 Å². The van der Waals surface area contributed by atoms with Crippen molar-refractivity contribution in [3.8, 4) is 0 Å². The number of carbonyl (C=O) groups excluding carboxylic acids is 1. The molecule has 1 atom stereocenters. The first-order chi connectivity index (χ1) is 11.6. The van der Waals surface area contributed by atoms with Crippen molar-refractivity contribution in [3.05, 3.63) is 58.2 Å². The maximum absolute atomic E-state index is 12.8. The minimum Gasteiger partial charge on any atom is -0.338 e. The van der Waals surface area contributed by atoms with Gasteiger partial charge in [-0.1, -0.05) is 6.07 Å². The van der Waals surface area contributed by atoms with Crippen molar-refractivity contribution in [3.63, 3.8) is 0 Å². The monoisotopic (exact) mass is 321 g/mol. The molecule has 4 rings (SSSR count). The van der Waals surface area contributed by atoms with Gasteiger partial charge in [-0.2, -0.15) is 0 Å². The van der Waals surface area contributed by atoms with Gasteiger partial charge in [-0.3, -0.25) is 4.79 Å². The summed E-state index contributed by atoms with van der Waals surface area (Å²) in [4.78, 5) is 24.0. The van der Waals surface area contributed by atoms with Gasteiger partial charge in [-0.15, -0.1) is 0 Å². The zero-order valence-electron chi connectivity index (χ0n) is 14.4. The first kappa shape index (κ1) is 15.3. The van der Waals surface area contributed by atoms with E-state index in [1.807, 2.05) is 30.9 Å². The molecule has 1 aliphatic heterocycles. The maximum atomic E-state index is 12.8. The number of amides is 1. The van der Waals surface area contributed by atoms with Crippen LogP contribution < -0.4 is 0 Å². The van der Waals surface area contributed by atoms with Crippen molar-refractivity contribution in [2.24, 2.45) is 0 Å². The first-order valence-electron chi connectivity index (χ1n) is 8.83. The van der Waals surface area contributed by atoms with Gasteiger partial charge >= 0.3 is 0 Å². The van der Waals surface area contributed by atoms with E-state index >= 15 is 0 Å². The highest BCUT2D eigenvalue weighted by Gasteiger charge is 2.30. The molecule has 0 saturated carbocycles. The second-order valence-electron chi connectivity index (χ2n) is 7.08. The number of likely N-dealkylation sites (tertiary alicyclic amines) is 1. The van der Waals surface area contributed by atoms with E-state index in [4.69, 9.17) is 0 Å². The van der Waals surface area contributed by atoms with Crippen molar-refractivity contribution in [1.29, 1.82) is 0 Å². The van der Waals surface area contributed by atoms with Crippen LogP contribution in [0.3, 0.4) is 0 Å². The number of nitrogens with zero attached hydrogens (tertiary/aromatic N) is 3. The number of benzene rings is 1. The predicted molar refractivity (Wildman–Crippen MR) is 93.2 cm³/mol. The van der Waals surface area contributed by atoms with E-state index < -0.39 is 0 Å². The van der Waals surface area contributed by atoms with Crippen molar-refractivity contribution < 1.29 is 4.79 Å². The van der Waals surface area contributed by atoms with Gasteiger partial charge in [0.05, 0.1) is 0 Å². The van der Waals surface area contributed by atoms with Gasteiger partial charge in [0.1, 0.15) is 5.82 Å². The molecule has 0 spiro atoms. The number of rotatable bonds is 2. The minimum atomic E-state index is 0.150. The molecule has 1 aromatic carbocycles. The number of hydrogen-bond acceptors (Lipinski definition) is 3. The molecule has 0 bridgehead atoms. The van der Waals surface area contributed by atoms with Crippen LogP contribution in [0.5, 0.6) is 0 Å². The summed E-state index contributed by atoms with van der Waals surface area (Å²) in [7, 11) is 0. The standard InChI is InChI=1S/C20H23N3O/c1-13-10-14(2)22-19(21-13)18-8-9-23(12-18)20(24)17-7-6-15-4-3-5-16(15)11-17/h6-7,10-11,18H,3-5,8-9,12H2,1-2H3/t18-/m1/s1. The fourth-order valence-corrected chi connectivity index (χ4v) is 3.98. The van der Waals surface area contributed by atoms with Gasteiger partial charge in [-0.05, 0) is 68.9 Å². The van der Waals surface area contributed by atoms with Crippen LogP contribution in [0.25, 0.3) is 0 Å². The van der Waals surface area contributed by atoms with E-state index in [-0.39, 0.29) is 11.8 Å². The van der Waals surface area contributed by atoms with E-state index in [1.165, 1.54) is 17.5 Å². The second kappa shape index (κ2) is 6.00. The summed E-state index contributed by atoms with van der Waals surface area (Å²) >= 11 is 0. The topological polar surface area (TPSA) is 46.1 Å². The quantitative estimate of drug-likeness (QED) is 0.853. The van der Waals surface area contributed by atoms with Crippen LogP contribution in [-0.2, 0) is 12.8 Å². The first-order valence-corrected chi connectivity index (χ1v) is 8.83. The van der Waals surface area contributed by atoms with Crippen LogP contribution in [0.4, 0.5) is 0 Å². The SMILES string of the molecule is Cc1cc(C)nc([C@@H]2CCN(C(=O)c3ccc4c(c3)CCC4)C2)n1. The molecule has 24 heavy (non-hydrogen) atoms. The largest absolute Gasteiger partial charge is 0.338 e. The summed E-state index contributed by atoms with van der Waals surface area (Å²) in [5.41, 5.74) is 5.60. The van der Waals surface area contributed by atoms with Crippen LogP contribution in [0.1, 0.15) is 57.5 Å². The molecule has 1 fully saturated rings. The van der Waals surface area contributed by atoms with Crippen molar-refractivity contribution in [2.75, 3.05) is 13.1 Å². The summed E-state index contributed by atoms with van der Waals surface area (Å²) in [6.45, 7) is 5.51. The van der Waals surface area contributed by atoms with Gasteiger partial charge in [0.25, 0.3) is 5.91 Å². The normalized spacial score (nSPS) is 19.6. The van der Waals surface area contributed by atoms with Crippen molar-refractivity contribution >= 4 is 5.91 Å². The van der Waals surface area contributed by atoms with Crippen molar-refractivity contribution in [2.45, 2.75) is 45.4 Å².